The summed E-state index contributed by atoms with van der Waals surface area (Å²) in [5.74, 6) is -0.172. The van der Waals surface area contributed by atoms with E-state index in [0.29, 0.717) is 0 Å². The summed E-state index contributed by atoms with van der Waals surface area (Å²) in [6.45, 7) is 7.80. The fraction of sp³-hybridized carbons (Fsp3) is 0.533. The molecule has 106 valence electrons. The van der Waals surface area contributed by atoms with Crippen molar-refractivity contribution in [3.05, 3.63) is 29.8 Å². The lowest BCUT2D eigenvalue weighted by atomic mass is 9.87. The van der Waals surface area contributed by atoms with Crippen LogP contribution in [0.15, 0.2) is 24.3 Å². The predicted octanol–water partition coefficient (Wildman–Crippen LogP) is 2.71. The van der Waals surface area contributed by atoms with Crippen LogP contribution in [-0.4, -0.2) is 19.1 Å². The van der Waals surface area contributed by atoms with Crippen LogP contribution in [0.5, 0.6) is 0 Å². The number of nitrogens with two attached hydrogens (primary N) is 1. The van der Waals surface area contributed by atoms with Gasteiger partial charge in [-0.2, -0.15) is 0 Å². The largest absolute Gasteiger partial charge is 0.377 e. The maximum Gasteiger partial charge on any atom is 0.241 e. The van der Waals surface area contributed by atoms with Gasteiger partial charge >= 0.3 is 0 Å². The molecule has 0 fully saturated rings. The third-order valence-corrected chi connectivity index (χ3v) is 3.19. The molecule has 1 amide bonds. The molecule has 0 saturated carbocycles. The first-order chi connectivity index (χ1) is 8.75. The summed E-state index contributed by atoms with van der Waals surface area (Å²) in [5.41, 5.74) is 7.43. The lowest BCUT2D eigenvalue weighted by Gasteiger charge is -2.26. The first-order valence-corrected chi connectivity index (χ1v) is 6.45. The zero-order chi connectivity index (χ0) is 14.6. The van der Waals surface area contributed by atoms with Gasteiger partial charge in [0.15, 0.2) is 0 Å². The molecular formula is C15H24N2O2. The first kappa shape index (κ1) is 15.7. The number of nitrogens with one attached hydrogen (secondary N) is 1. The third kappa shape index (κ3) is 4.33. The van der Waals surface area contributed by atoms with Crippen LogP contribution >= 0.6 is 0 Å². The molecule has 0 radical (unpaired) electrons. The molecule has 0 bridgehead atoms. The Kier molecular flexibility index (Phi) is 5.09. The van der Waals surface area contributed by atoms with E-state index >= 15 is 0 Å². The minimum Gasteiger partial charge on any atom is -0.377 e. The average Bonchev–Trinajstić information content (AvgIpc) is 2.36. The highest BCUT2D eigenvalue weighted by Gasteiger charge is 2.27. The van der Waals surface area contributed by atoms with Crippen molar-refractivity contribution in [2.45, 2.75) is 39.8 Å². The third-order valence-electron chi connectivity index (χ3n) is 3.19. The van der Waals surface area contributed by atoms with Crippen LogP contribution < -0.4 is 11.1 Å². The molecule has 4 heteroatoms. The summed E-state index contributed by atoms with van der Waals surface area (Å²) in [7, 11) is 1.66. The van der Waals surface area contributed by atoms with Crippen LogP contribution in [0.2, 0.25) is 0 Å². The maximum absolute atomic E-state index is 12.0. The Morgan fingerprint density at radius 3 is 2.53 bits per heavy atom. The smallest absolute Gasteiger partial charge is 0.241 e. The van der Waals surface area contributed by atoms with Crippen molar-refractivity contribution in [1.29, 1.82) is 0 Å². The molecule has 1 aromatic rings. The molecule has 1 unspecified atom stereocenters. The second-order valence-electron chi connectivity index (χ2n) is 5.84. The molecule has 0 aliphatic carbocycles. The second-order valence-corrected chi connectivity index (χ2v) is 5.84. The van der Waals surface area contributed by atoms with Gasteiger partial charge in [-0.1, -0.05) is 32.9 Å². The van der Waals surface area contributed by atoms with E-state index in [1.165, 1.54) is 0 Å². The normalized spacial score (nSPS) is 14.8. The van der Waals surface area contributed by atoms with Crippen molar-refractivity contribution in [2.24, 2.45) is 11.1 Å². The van der Waals surface area contributed by atoms with Crippen molar-refractivity contribution in [3.8, 4) is 0 Å². The molecule has 1 aromatic carbocycles. The quantitative estimate of drug-likeness (QED) is 0.878. The predicted molar refractivity (Wildman–Crippen MR) is 77.9 cm³/mol. The molecule has 0 aromatic heterocycles. The van der Waals surface area contributed by atoms with Crippen LogP contribution in [0.4, 0.5) is 5.69 Å². The Morgan fingerprint density at radius 2 is 2.00 bits per heavy atom. The van der Waals surface area contributed by atoms with E-state index in [4.69, 9.17) is 10.5 Å². The Bertz CT molecular complexity index is 438. The number of ether oxygens (including phenoxy) is 1. The van der Waals surface area contributed by atoms with E-state index in [2.05, 4.69) is 5.32 Å². The molecule has 0 aliphatic rings. The molecular weight excluding hydrogens is 240 g/mol. The van der Waals surface area contributed by atoms with Gasteiger partial charge in [0, 0.05) is 12.8 Å². The molecule has 3 N–H and O–H groups in total. The van der Waals surface area contributed by atoms with Gasteiger partial charge in [-0.3, -0.25) is 4.79 Å². The van der Waals surface area contributed by atoms with E-state index in [9.17, 15) is 4.79 Å². The number of methoxy groups -OCH3 is 1. The zero-order valence-electron chi connectivity index (χ0n) is 12.4. The molecule has 0 saturated heterocycles. The minimum absolute atomic E-state index is 0.00635. The average molecular weight is 264 g/mol. The monoisotopic (exact) mass is 264 g/mol. The van der Waals surface area contributed by atoms with Crippen LogP contribution in [0.1, 0.15) is 39.4 Å². The number of carbonyl (C=O) groups excluding carboxylic acids is 1. The van der Waals surface area contributed by atoms with E-state index < -0.39 is 6.04 Å². The van der Waals surface area contributed by atoms with E-state index in [0.717, 1.165) is 11.3 Å². The number of benzene rings is 1. The van der Waals surface area contributed by atoms with E-state index in [1.807, 2.05) is 52.0 Å². The summed E-state index contributed by atoms with van der Waals surface area (Å²) < 4.78 is 5.26. The molecule has 0 heterocycles. The van der Waals surface area contributed by atoms with Gasteiger partial charge in [-0.05, 0) is 30.0 Å². The minimum atomic E-state index is -0.545. The second kappa shape index (κ2) is 6.17. The Labute approximate surface area is 115 Å². The Hall–Kier alpha value is -1.39. The highest BCUT2D eigenvalue weighted by molar-refractivity contribution is 5.95. The van der Waals surface area contributed by atoms with Gasteiger partial charge in [-0.25, -0.2) is 0 Å². The summed E-state index contributed by atoms with van der Waals surface area (Å²) in [5, 5.41) is 2.85. The standard InChI is InChI=1S/C15H24N2O2/c1-10(19-5)11-7-6-8-12(9-11)17-14(18)13(16)15(2,3)4/h6-10,13H,16H2,1-5H3,(H,17,18)/t10?,13-/m1/s1. The molecule has 0 aliphatic heterocycles. The lowest BCUT2D eigenvalue weighted by molar-refractivity contribution is -0.119. The maximum atomic E-state index is 12.0. The van der Waals surface area contributed by atoms with Gasteiger partial charge in [0.1, 0.15) is 0 Å². The molecule has 4 nitrogen and oxygen atoms in total. The number of rotatable bonds is 4. The molecule has 0 spiro atoms. The Balaban J connectivity index is 2.80. The van der Waals surface area contributed by atoms with Crippen LogP contribution in [0.3, 0.4) is 0 Å². The first-order valence-electron chi connectivity index (χ1n) is 6.45. The topological polar surface area (TPSA) is 64.3 Å². The van der Waals surface area contributed by atoms with Gasteiger partial charge in [-0.15, -0.1) is 0 Å². The van der Waals surface area contributed by atoms with Crippen LogP contribution in [0, 0.1) is 5.41 Å². The number of hydrogen-bond acceptors (Lipinski definition) is 3. The zero-order valence-corrected chi connectivity index (χ0v) is 12.4. The number of hydrogen-bond donors (Lipinski definition) is 2. The van der Waals surface area contributed by atoms with Gasteiger partial charge in [0.05, 0.1) is 12.1 Å². The fourth-order valence-electron chi connectivity index (χ4n) is 1.62. The van der Waals surface area contributed by atoms with E-state index in [1.54, 1.807) is 7.11 Å². The van der Waals surface area contributed by atoms with Crippen molar-refractivity contribution in [3.63, 3.8) is 0 Å². The lowest BCUT2D eigenvalue weighted by Crippen LogP contribution is -2.45. The van der Waals surface area contributed by atoms with Crippen LogP contribution in [-0.2, 0) is 9.53 Å². The van der Waals surface area contributed by atoms with Crippen molar-refractivity contribution in [1.82, 2.24) is 0 Å². The summed E-state index contributed by atoms with van der Waals surface area (Å²) in [6, 6.07) is 7.06. The van der Waals surface area contributed by atoms with Crippen molar-refractivity contribution >= 4 is 11.6 Å². The fourth-order valence-corrected chi connectivity index (χ4v) is 1.62. The van der Waals surface area contributed by atoms with Crippen LogP contribution in [0.25, 0.3) is 0 Å². The highest BCUT2D eigenvalue weighted by atomic mass is 16.5. The molecule has 2 atom stereocenters. The SMILES string of the molecule is COC(C)c1cccc(NC(=O)[C@@H](N)C(C)(C)C)c1. The summed E-state index contributed by atoms with van der Waals surface area (Å²) in [4.78, 5) is 12.0. The Morgan fingerprint density at radius 1 is 1.37 bits per heavy atom. The number of anilines is 1. The van der Waals surface area contributed by atoms with Gasteiger partial charge < -0.3 is 15.8 Å². The highest BCUT2D eigenvalue weighted by Crippen LogP contribution is 2.22. The van der Waals surface area contributed by atoms with Crippen molar-refractivity contribution in [2.75, 3.05) is 12.4 Å². The summed E-state index contributed by atoms with van der Waals surface area (Å²) >= 11 is 0. The number of amides is 1. The van der Waals surface area contributed by atoms with Gasteiger partial charge in [0.25, 0.3) is 0 Å². The molecule has 1 rings (SSSR count). The summed E-state index contributed by atoms with van der Waals surface area (Å²) in [6.07, 6.45) is -0.00635. The molecule has 19 heavy (non-hydrogen) atoms. The van der Waals surface area contributed by atoms with E-state index in [-0.39, 0.29) is 17.4 Å². The van der Waals surface area contributed by atoms with Gasteiger partial charge in [0.2, 0.25) is 5.91 Å². The number of carbonyl (C=O) groups is 1. The van der Waals surface area contributed by atoms with Crippen molar-refractivity contribution < 1.29 is 9.53 Å².